The maximum absolute atomic E-state index is 12.4. The van der Waals surface area contributed by atoms with Crippen LogP contribution in [0.25, 0.3) is 0 Å². The van der Waals surface area contributed by atoms with Gasteiger partial charge in [0.15, 0.2) is 12.4 Å². The van der Waals surface area contributed by atoms with Gasteiger partial charge in [0.05, 0.1) is 16.7 Å². The van der Waals surface area contributed by atoms with Crippen LogP contribution in [0.15, 0.2) is 24.3 Å². The molecule has 1 unspecified atom stereocenters. The van der Waals surface area contributed by atoms with Gasteiger partial charge >= 0.3 is 0 Å². The molecule has 5 nitrogen and oxygen atoms in total. The second kappa shape index (κ2) is 7.57. The SMILES string of the molecule is CC(=O)c1cccc(OCC(=O)N(C)C(C)c2sc(C)nc2C)c1. The number of carbonyl (C=O) groups excluding carboxylic acids is 2. The highest BCUT2D eigenvalue weighted by molar-refractivity contribution is 7.11. The Morgan fingerprint density at radius 3 is 2.62 bits per heavy atom. The summed E-state index contributed by atoms with van der Waals surface area (Å²) in [5.74, 6) is 0.358. The number of ketones is 1. The van der Waals surface area contributed by atoms with Crippen LogP contribution in [-0.2, 0) is 4.79 Å². The first-order valence-electron chi connectivity index (χ1n) is 7.73. The van der Waals surface area contributed by atoms with E-state index >= 15 is 0 Å². The van der Waals surface area contributed by atoms with Crippen molar-refractivity contribution >= 4 is 23.0 Å². The van der Waals surface area contributed by atoms with Crippen LogP contribution in [0.4, 0.5) is 0 Å². The molecular formula is C18H22N2O3S. The van der Waals surface area contributed by atoms with E-state index in [-0.39, 0.29) is 24.3 Å². The number of amides is 1. The summed E-state index contributed by atoms with van der Waals surface area (Å²) in [6, 6.07) is 6.79. The highest BCUT2D eigenvalue weighted by Gasteiger charge is 2.21. The Bertz CT molecular complexity index is 754. The average Bonchev–Trinajstić information content (AvgIpc) is 2.89. The average molecular weight is 346 g/mol. The summed E-state index contributed by atoms with van der Waals surface area (Å²) in [6.07, 6.45) is 0. The molecule has 128 valence electrons. The zero-order valence-corrected chi connectivity index (χ0v) is 15.4. The van der Waals surface area contributed by atoms with E-state index in [2.05, 4.69) is 4.98 Å². The Morgan fingerprint density at radius 1 is 1.33 bits per heavy atom. The minimum absolute atomic E-state index is 0.0337. The van der Waals surface area contributed by atoms with Crippen LogP contribution >= 0.6 is 11.3 Å². The van der Waals surface area contributed by atoms with Crippen molar-refractivity contribution in [3.8, 4) is 5.75 Å². The van der Waals surface area contributed by atoms with Crippen molar-refractivity contribution in [3.63, 3.8) is 0 Å². The molecule has 1 atom stereocenters. The number of Topliss-reactive ketones (excluding diaryl/α,β-unsaturated/α-hetero) is 1. The summed E-state index contributed by atoms with van der Waals surface area (Å²) in [6.45, 7) is 7.32. The molecule has 1 amide bonds. The lowest BCUT2D eigenvalue weighted by atomic mass is 10.1. The number of ether oxygens (including phenoxy) is 1. The number of rotatable bonds is 6. The number of likely N-dealkylation sites (N-methyl/N-ethyl adjacent to an activating group) is 1. The Balaban J connectivity index is 2.00. The fourth-order valence-electron chi connectivity index (χ4n) is 2.38. The van der Waals surface area contributed by atoms with Crippen LogP contribution < -0.4 is 4.74 Å². The molecule has 0 bridgehead atoms. The van der Waals surface area contributed by atoms with Crippen molar-refractivity contribution in [2.75, 3.05) is 13.7 Å². The summed E-state index contributed by atoms with van der Waals surface area (Å²) in [5.41, 5.74) is 1.53. The van der Waals surface area contributed by atoms with Crippen molar-refractivity contribution in [2.45, 2.75) is 33.7 Å². The molecule has 1 heterocycles. The molecule has 0 radical (unpaired) electrons. The first-order valence-corrected chi connectivity index (χ1v) is 8.54. The molecule has 24 heavy (non-hydrogen) atoms. The fraction of sp³-hybridized carbons (Fsp3) is 0.389. The third-order valence-electron chi connectivity index (χ3n) is 3.90. The first-order chi connectivity index (χ1) is 11.3. The topological polar surface area (TPSA) is 59.5 Å². The maximum atomic E-state index is 12.4. The van der Waals surface area contributed by atoms with Gasteiger partial charge in [-0.15, -0.1) is 11.3 Å². The molecule has 2 rings (SSSR count). The van der Waals surface area contributed by atoms with Gasteiger partial charge in [0, 0.05) is 17.5 Å². The van der Waals surface area contributed by atoms with Crippen LogP contribution in [0.5, 0.6) is 5.75 Å². The van der Waals surface area contributed by atoms with Gasteiger partial charge in [-0.1, -0.05) is 12.1 Å². The number of hydrogen-bond donors (Lipinski definition) is 0. The normalized spacial score (nSPS) is 11.9. The molecule has 0 saturated carbocycles. The molecule has 0 fully saturated rings. The summed E-state index contributed by atoms with van der Waals surface area (Å²) in [7, 11) is 1.76. The third kappa shape index (κ3) is 4.20. The van der Waals surface area contributed by atoms with E-state index in [1.54, 1.807) is 47.5 Å². The highest BCUT2D eigenvalue weighted by atomic mass is 32.1. The molecule has 0 aliphatic rings. The molecule has 0 N–H and O–H groups in total. The first kappa shape index (κ1) is 18.1. The third-order valence-corrected chi connectivity index (χ3v) is 5.14. The van der Waals surface area contributed by atoms with Crippen LogP contribution in [0.3, 0.4) is 0 Å². The van der Waals surface area contributed by atoms with Crippen LogP contribution in [0.2, 0.25) is 0 Å². The summed E-state index contributed by atoms with van der Waals surface area (Å²) < 4.78 is 5.55. The van der Waals surface area contributed by atoms with Crippen LogP contribution in [0.1, 0.15) is 45.8 Å². The molecule has 6 heteroatoms. The van der Waals surface area contributed by atoms with E-state index in [1.807, 2.05) is 20.8 Å². The Hall–Kier alpha value is -2.21. The number of carbonyl (C=O) groups is 2. The minimum Gasteiger partial charge on any atom is -0.484 e. The molecule has 0 spiro atoms. The Morgan fingerprint density at radius 2 is 2.04 bits per heavy atom. The van der Waals surface area contributed by atoms with E-state index in [4.69, 9.17) is 4.74 Å². The van der Waals surface area contributed by atoms with Crippen molar-refractivity contribution < 1.29 is 14.3 Å². The van der Waals surface area contributed by atoms with Gasteiger partial charge in [-0.3, -0.25) is 9.59 Å². The lowest BCUT2D eigenvalue weighted by Crippen LogP contribution is -2.33. The quantitative estimate of drug-likeness (QED) is 0.751. The molecule has 0 aliphatic heterocycles. The number of aromatic nitrogens is 1. The van der Waals surface area contributed by atoms with Gasteiger partial charge in [0.25, 0.3) is 5.91 Å². The van der Waals surface area contributed by atoms with E-state index < -0.39 is 0 Å². The van der Waals surface area contributed by atoms with E-state index in [9.17, 15) is 9.59 Å². The van der Waals surface area contributed by atoms with Gasteiger partial charge in [0.1, 0.15) is 5.75 Å². The predicted octanol–water partition coefficient (Wildman–Crippen LogP) is 3.56. The van der Waals surface area contributed by atoms with Gasteiger partial charge in [-0.25, -0.2) is 4.98 Å². The van der Waals surface area contributed by atoms with E-state index in [0.717, 1.165) is 15.6 Å². The number of aryl methyl sites for hydroxylation is 2. The van der Waals surface area contributed by atoms with Crippen molar-refractivity contribution in [1.82, 2.24) is 9.88 Å². The van der Waals surface area contributed by atoms with Gasteiger partial charge in [-0.05, 0) is 39.8 Å². The molecular weight excluding hydrogens is 324 g/mol. The molecule has 1 aromatic heterocycles. The summed E-state index contributed by atoms with van der Waals surface area (Å²) in [5, 5.41) is 0.993. The molecule has 0 saturated heterocycles. The minimum atomic E-state index is -0.124. The van der Waals surface area contributed by atoms with Gasteiger partial charge < -0.3 is 9.64 Å². The van der Waals surface area contributed by atoms with Gasteiger partial charge in [-0.2, -0.15) is 0 Å². The van der Waals surface area contributed by atoms with Crippen molar-refractivity contribution in [3.05, 3.63) is 45.4 Å². The molecule has 2 aromatic rings. The van der Waals surface area contributed by atoms with E-state index in [0.29, 0.717) is 11.3 Å². The molecule has 1 aromatic carbocycles. The lowest BCUT2D eigenvalue weighted by molar-refractivity contribution is -0.133. The van der Waals surface area contributed by atoms with Crippen molar-refractivity contribution in [1.29, 1.82) is 0 Å². The summed E-state index contributed by atoms with van der Waals surface area (Å²) in [4.78, 5) is 30.9. The standard InChI is InChI=1S/C18H22N2O3S/c1-11-18(24-14(4)19-11)12(2)20(5)17(22)10-23-16-8-6-7-15(9-16)13(3)21/h6-9,12H,10H2,1-5H3. The van der Waals surface area contributed by atoms with Crippen molar-refractivity contribution in [2.24, 2.45) is 0 Å². The predicted molar refractivity (Wildman–Crippen MR) is 94.7 cm³/mol. The number of hydrogen-bond acceptors (Lipinski definition) is 5. The van der Waals surface area contributed by atoms with Gasteiger partial charge in [0.2, 0.25) is 0 Å². The number of nitrogens with zero attached hydrogens (tertiary/aromatic N) is 2. The Labute approximate surface area is 146 Å². The Kier molecular flexibility index (Phi) is 5.72. The largest absolute Gasteiger partial charge is 0.484 e. The second-order valence-corrected chi connectivity index (χ2v) is 6.97. The monoisotopic (exact) mass is 346 g/mol. The second-order valence-electron chi connectivity index (χ2n) is 5.74. The number of thiazole rings is 1. The lowest BCUT2D eigenvalue weighted by Gasteiger charge is -2.24. The van der Waals surface area contributed by atoms with Crippen LogP contribution in [0, 0.1) is 13.8 Å². The number of benzene rings is 1. The smallest absolute Gasteiger partial charge is 0.260 e. The summed E-state index contributed by atoms with van der Waals surface area (Å²) >= 11 is 1.60. The maximum Gasteiger partial charge on any atom is 0.260 e. The zero-order chi connectivity index (χ0) is 17.9. The molecule has 0 aliphatic carbocycles. The zero-order valence-electron chi connectivity index (χ0n) is 14.6. The van der Waals surface area contributed by atoms with Crippen LogP contribution in [-0.4, -0.2) is 35.2 Å². The fourth-order valence-corrected chi connectivity index (χ4v) is 3.40. The van der Waals surface area contributed by atoms with E-state index in [1.165, 1.54) is 6.92 Å². The highest BCUT2D eigenvalue weighted by Crippen LogP contribution is 2.28.